The second-order valence-corrected chi connectivity index (χ2v) is 6.48. The number of hydrogen-bond acceptors (Lipinski definition) is 5. The normalized spacial score (nSPS) is 10.6. The van der Waals surface area contributed by atoms with Crippen LogP contribution in [0.5, 0.6) is 11.5 Å². The molecule has 29 heavy (non-hydrogen) atoms. The summed E-state index contributed by atoms with van der Waals surface area (Å²) in [7, 11) is 2.99. The maximum Gasteiger partial charge on any atom is 0.331 e. The summed E-state index contributed by atoms with van der Waals surface area (Å²) < 4.78 is 15.5. The van der Waals surface area contributed by atoms with Gasteiger partial charge in [0.05, 0.1) is 19.2 Å². The van der Waals surface area contributed by atoms with E-state index in [2.05, 4.69) is 0 Å². The molecule has 0 aliphatic carbocycles. The Kier molecular flexibility index (Phi) is 8.55. The van der Waals surface area contributed by atoms with E-state index >= 15 is 0 Å². The summed E-state index contributed by atoms with van der Waals surface area (Å²) in [6.45, 7) is 2.54. The SMILES string of the molecule is CCN(Cc1ccccc1)C(=O)COC(=O)/C=C/c1cc(Cl)c(OC)c(OC)c1. The third kappa shape index (κ3) is 6.54. The van der Waals surface area contributed by atoms with E-state index < -0.39 is 5.97 Å². The number of likely N-dealkylation sites (N-methyl/N-ethyl adjacent to an activating group) is 1. The lowest BCUT2D eigenvalue weighted by atomic mass is 10.2. The molecule has 2 rings (SSSR count). The number of esters is 1. The van der Waals surface area contributed by atoms with Crippen LogP contribution in [-0.2, 0) is 20.9 Å². The number of methoxy groups -OCH3 is 2. The number of rotatable bonds is 9. The number of amides is 1. The largest absolute Gasteiger partial charge is 0.493 e. The Bertz CT molecular complexity index is 867. The first kappa shape index (κ1) is 22.3. The number of benzene rings is 2. The Labute approximate surface area is 175 Å². The predicted octanol–water partition coefficient (Wildman–Crippen LogP) is 3.96. The summed E-state index contributed by atoms with van der Waals surface area (Å²) in [4.78, 5) is 25.9. The van der Waals surface area contributed by atoms with Crippen molar-refractivity contribution >= 4 is 29.6 Å². The number of halogens is 1. The molecule has 154 valence electrons. The summed E-state index contributed by atoms with van der Waals surface area (Å²) in [5.41, 5.74) is 1.65. The van der Waals surface area contributed by atoms with Gasteiger partial charge < -0.3 is 19.1 Å². The van der Waals surface area contributed by atoms with E-state index in [1.165, 1.54) is 26.4 Å². The smallest absolute Gasteiger partial charge is 0.331 e. The van der Waals surface area contributed by atoms with Crippen LogP contribution in [0.15, 0.2) is 48.5 Å². The molecule has 0 radical (unpaired) electrons. The minimum Gasteiger partial charge on any atom is -0.493 e. The van der Waals surface area contributed by atoms with Crippen molar-refractivity contribution in [1.29, 1.82) is 0 Å². The minimum absolute atomic E-state index is 0.257. The van der Waals surface area contributed by atoms with Crippen molar-refractivity contribution < 1.29 is 23.8 Å². The first-order chi connectivity index (χ1) is 14.0. The Hall–Kier alpha value is -2.99. The highest BCUT2D eigenvalue weighted by Crippen LogP contribution is 2.36. The quantitative estimate of drug-likeness (QED) is 0.456. The summed E-state index contributed by atoms with van der Waals surface area (Å²) in [6.07, 6.45) is 2.76. The van der Waals surface area contributed by atoms with Gasteiger partial charge in [-0.3, -0.25) is 4.79 Å². The lowest BCUT2D eigenvalue weighted by molar-refractivity contribution is -0.148. The lowest BCUT2D eigenvalue weighted by Gasteiger charge is -2.20. The minimum atomic E-state index is -0.625. The van der Waals surface area contributed by atoms with Gasteiger partial charge in [0.15, 0.2) is 18.1 Å². The predicted molar refractivity (Wildman–Crippen MR) is 112 cm³/mol. The number of carbonyl (C=O) groups excluding carboxylic acids is 2. The monoisotopic (exact) mass is 417 g/mol. The molecule has 0 heterocycles. The molecule has 7 heteroatoms. The van der Waals surface area contributed by atoms with Crippen LogP contribution in [0.25, 0.3) is 6.08 Å². The van der Waals surface area contributed by atoms with Gasteiger partial charge in [0, 0.05) is 19.2 Å². The van der Waals surface area contributed by atoms with E-state index in [0.29, 0.717) is 35.2 Å². The molecule has 0 spiro atoms. The first-order valence-electron chi connectivity index (χ1n) is 9.06. The van der Waals surface area contributed by atoms with Gasteiger partial charge in [-0.25, -0.2) is 4.79 Å². The molecule has 6 nitrogen and oxygen atoms in total. The molecule has 0 saturated heterocycles. The van der Waals surface area contributed by atoms with Crippen molar-refractivity contribution in [2.75, 3.05) is 27.4 Å². The lowest BCUT2D eigenvalue weighted by Crippen LogP contribution is -2.33. The van der Waals surface area contributed by atoms with Crippen molar-refractivity contribution in [2.24, 2.45) is 0 Å². The number of ether oxygens (including phenoxy) is 3. The fourth-order valence-electron chi connectivity index (χ4n) is 2.65. The second-order valence-electron chi connectivity index (χ2n) is 6.07. The van der Waals surface area contributed by atoms with Crippen LogP contribution >= 0.6 is 11.6 Å². The molecule has 0 N–H and O–H groups in total. The van der Waals surface area contributed by atoms with Gasteiger partial charge in [0.25, 0.3) is 5.91 Å². The van der Waals surface area contributed by atoms with E-state index in [4.69, 9.17) is 25.8 Å². The van der Waals surface area contributed by atoms with Crippen molar-refractivity contribution in [3.63, 3.8) is 0 Å². The zero-order valence-corrected chi connectivity index (χ0v) is 17.4. The Morgan fingerprint density at radius 3 is 2.45 bits per heavy atom. The van der Waals surface area contributed by atoms with Crippen LogP contribution in [0, 0.1) is 0 Å². The van der Waals surface area contributed by atoms with Crippen LogP contribution in [0.2, 0.25) is 5.02 Å². The number of hydrogen-bond donors (Lipinski definition) is 0. The topological polar surface area (TPSA) is 65.1 Å². The Morgan fingerprint density at radius 2 is 1.83 bits per heavy atom. The first-order valence-corrected chi connectivity index (χ1v) is 9.44. The average Bonchev–Trinajstić information content (AvgIpc) is 2.74. The molecule has 0 bridgehead atoms. The summed E-state index contributed by atoms with van der Waals surface area (Å²) >= 11 is 6.14. The van der Waals surface area contributed by atoms with Crippen LogP contribution in [0.1, 0.15) is 18.1 Å². The average molecular weight is 418 g/mol. The van der Waals surface area contributed by atoms with Gasteiger partial charge in [-0.15, -0.1) is 0 Å². The summed E-state index contributed by atoms with van der Waals surface area (Å²) in [6, 6.07) is 13.0. The molecule has 0 aliphatic rings. The maximum atomic E-state index is 12.3. The zero-order valence-electron chi connectivity index (χ0n) is 16.7. The maximum absolute atomic E-state index is 12.3. The zero-order chi connectivity index (χ0) is 21.2. The molecule has 2 aromatic carbocycles. The Balaban J connectivity index is 1.93. The van der Waals surface area contributed by atoms with Crippen molar-refractivity contribution in [1.82, 2.24) is 4.90 Å². The highest BCUT2D eigenvalue weighted by molar-refractivity contribution is 6.32. The summed E-state index contributed by atoms with van der Waals surface area (Å²) in [5, 5.41) is 0.356. The molecule has 2 aromatic rings. The molecule has 0 atom stereocenters. The van der Waals surface area contributed by atoms with E-state index in [9.17, 15) is 9.59 Å². The highest BCUT2D eigenvalue weighted by Gasteiger charge is 2.14. The molecule has 0 saturated carbocycles. The molecule has 1 amide bonds. The summed E-state index contributed by atoms with van der Waals surface area (Å²) in [5.74, 6) is -0.0208. The van der Waals surface area contributed by atoms with Crippen LogP contribution in [-0.4, -0.2) is 44.1 Å². The number of nitrogens with zero attached hydrogens (tertiary/aromatic N) is 1. The Morgan fingerprint density at radius 1 is 1.10 bits per heavy atom. The molecule has 0 unspecified atom stereocenters. The molecule has 0 aliphatic heterocycles. The molecule has 0 aromatic heterocycles. The molecule has 0 fully saturated rings. The van der Waals surface area contributed by atoms with Crippen LogP contribution < -0.4 is 9.47 Å². The highest BCUT2D eigenvalue weighted by atomic mass is 35.5. The fourth-order valence-corrected chi connectivity index (χ4v) is 2.95. The van der Waals surface area contributed by atoms with Gasteiger partial charge in [0.2, 0.25) is 0 Å². The van der Waals surface area contributed by atoms with E-state index in [1.807, 2.05) is 37.3 Å². The second kappa shape index (κ2) is 11.1. The number of carbonyl (C=O) groups is 2. The third-order valence-electron chi connectivity index (χ3n) is 4.16. The van der Waals surface area contributed by atoms with Gasteiger partial charge in [-0.2, -0.15) is 0 Å². The van der Waals surface area contributed by atoms with Crippen molar-refractivity contribution in [3.05, 3.63) is 64.7 Å². The van der Waals surface area contributed by atoms with E-state index in [0.717, 1.165) is 5.56 Å². The van der Waals surface area contributed by atoms with Crippen molar-refractivity contribution in [3.8, 4) is 11.5 Å². The standard InChI is InChI=1S/C22H24ClNO5/c1-4-24(14-16-8-6-5-7-9-16)20(25)15-29-21(26)11-10-17-12-18(23)22(28-3)19(13-17)27-2/h5-13H,4,14-15H2,1-3H3/b11-10+. The van der Waals surface area contributed by atoms with Crippen molar-refractivity contribution in [2.45, 2.75) is 13.5 Å². The molecular formula is C22H24ClNO5. The third-order valence-corrected chi connectivity index (χ3v) is 4.44. The van der Waals surface area contributed by atoms with Gasteiger partial charge in [-0.05, 0) is 36.3 Å². The van der Waals surface area contributed by atoms with Crippen LogP contribution in [0.4, 0.5) is 0 Å². The van der Waals surface area contributed by atoms with Crippen LogP contribution in [0.3, 0.4) is 0 Å². The van der Waals surface area contributed by atoms with Gasteiger partial charge in [0.1, 0.15) is 0 Å². The van der Waals surface area contributed by atoms with E-state index in [-0.39, 0.29) is 12.5 Å². The fraction of sp³-hybridized carbons (Fsp3) is 0.273. The van der Waals surface area contributed by atoms with E-state index in [1.54, 1.807) is 17.0 Å². The van der Waals surface area contributed by atoms with Gasteiger partial charge in [-0.1, -0.05) is 41.9 Å². The molecular weight excluding hydrogens is 394 g/mol. The van der Waals surface area contributed by atoms with Gasteiger partial charge >= 0.3 is 5.97 Å².